The van der Waals surface area contributed by atoms with Gasteiger partial charge in [0.1, 0.15) is 17.7 Å². The molecule has 0 aliphatic carbocycles. The van der Waals surface area contributed by atoms with Gasteiger partial charge < -0.3 is 10.6 Å². The highest BCUT2D eigenvalue weighted by Gasteiger charge is 2.22. The summed E-state index contributed by atoms with van der Waals surface area (Å²) in [6.45, 7) is 4.53. The van der Waals surface area contributed by atoms with Gasteiger partial charge in [-0.15, -0.1) is 0 Å². The van der Waals surface area contributed by atoms with E-state index in [9.17, 15) is 4.79 Å². The lowest BCUT2D eigenvalue weighted by Crippen LogP contribution is -2.35. The van der Waals surface area contributed by atoms with E-state index in [1.165, 1.54) is 0 Å². The van der Waals surface area contributed by atoms with Crippen molar-refractivity contribution < 1.29 is 4.79 Å². The SMILES string of the molecule is Cc1ncc([C@@H](C)CN[C@H](C(=O)Nc2ccc(-c3cnn(C)c3)cn2)c2ccccc2)cn1. The molecule has 0 bridgehead atoms. The molecule has 0 fully saturated rings. The number of aryl methyl sites for hydroxylation is 2. The van der Waals surface area contributed by atoms with Gasteiger partial charge in [0.05, 0.1) is 6.20 Å². The number of nitrogens with zero attached hydrogens (tertiary/aromatic N) is 5. The summed E-state index contributed by atoms with van der Waals surface area (Å²) in [6.07, 6.45) is 9.10. The van der Waals surface area contributed by atoms with Crippen LogP contribution in [0.5, 0.6) is 0 Å². The first-order valence-corrected chi connectivity index (χ1v) is 10.8. The molecule has 0 unspecified atom stereocenters. The average molecular weight is 442 g/mol. The van der Waals surface area contributed by atoms with Crippen LogP contribution in [0.2, 0.25) is 0 Å². The summed E-state index contributed by atoms with van der Waals surface area (Å²) in [5, 5.41) is 10.5. The number of carbonyl (C=O) groups is 1. The Morgan fingerprint density at radius 1 is 0.939 bits per heavy atom. The van der Waals surface area contributed by atoms with Gasteiger partial charge in [0.25, 0.3) is 0 Å². The Labute approximate surface area is 193 Å². The van der Waals surface area contributed by atoms with Crippen molar-refractivity contribution >= 4 is 11.7 Å². The Balaban J connectivity index is 1.46. The first-order chi connectivity index (χ1) is 16.0. The molecule has 0 spiro atoms. The Kier molecular flexibility index (Phi) is 6.85. The molecule has 168 valence electrons. The van der Waals surface area contributed by atoms with Crippen molar-refractivity contribution in [1.82, 2.24) is 30.0 Å². The fraction of sp³-hybridized carbons (Fsp3) is 0.240. The van der Waals surface area contributed by atoms with Gasteiger partial charge in [0, 0.05) is 49.5 Å². The molecule has 1 amide bonds. The average Bonchev–Trinajstić information content (AvgIpc) is 3.27. The zero-order chi connectivity index (χ0) is 23.2. The Bertz CT molecular complexity index is 1190. The molecule has 0 saturated heterocycles. The highest BCUT2D eigenvalue weighted by atomic mass is 16.2. The molecule has 2 N–H and O–H groups in total. The van der Waals surface area contributed by atoms with Crippen LogP contribution in [0.1, 0.15) is 35.8 Å². The Hall–Kier alpha value is -3.91. The monoisotopic (exact) mass is 441 g/mol. The topological polar surface area (TPSA) is 97.6 Å². The summed E-state index contributed by atoms with van der Waals surface area (Å²) in [6, 6.07) is 12.9. The van der Waals surface area contributed by atoms with Crippen LogP contribution >= 0.6 is 0 Å². The van der Waals surface area contributed by atoms with E-state index in [4.69, 9.17) is 0 Å². The number of nitrogens with one attached hydrogen (secondary N) is 2. The molecule has 1 aromatic carbocycles. The van der Waals surface area contributed by atoms with Gasteiger partial charge in [-0.05, 0) is 36.1 Å². The van der Waals surface area contributed by atoms with E-state index >= 15 is 0 Å². The molecule has 0 aliphatic heterocycles. The maximum Gasteiger partial charge on any atom is 0.247 e. The van der Waals surface area contributed by atoms with Crippen molar-refractivity contribution in [3.8, 4) is 11.1 Å². The predicted molar refractivity (Wildman–Crippen MR) is 127 cm³/mol. The number of aromatic nitrogens is 5. The molecule has 3 aromatic heterocycles. The lowest BCUT2D eigenvalue weighted by atomic mass is 10.0. The highest BCUT2D eigenvalue weighted by molar-refractivity contribution is 5.95. The third-order valence-corrected chi connectivity index (χ3v) is 5.45. The number of carbonyl (C=O) groups excluding carboxylic acids is 1. The number of amides is 1. The van der Waals surface area contributed by atoms with Crippen LogP contribution in [0, 0.1) is 6.92 Å². The van der Waals surface area contributed by atoms with Crippen molar-refractivity contribution in [1.29, 1.82) is 0 Å². The summed E-state index contributed by atoms with van der Waals surface area (Å²) in [5.74, 6) is 1.20. The molecule has 8 heteroatoms. The molecular formula is C25H27N7O. The summed E-state index contributed by atoms with van der Waals surface area (Å²) in [7, 11) is 1.87. The fourth-order valence-corrected chi connectivity index (χ4v) is 3.48. The number of benzene rings is 1. The van der Waals surface area contributed by atoms with Gasteiger partial charge in [-0.1, -0.05) is 37.3 Å². The van der Waals surface area contributed by atoms with E-state index < -0.39 is 6.04 Å². The summed E-state index contributed by atoms with van der Waals surface area (Å²) in [5.41, 5.74) is 3.82. The lowest BCUT2D eigenvalue weighted by Gasteiger charge is -2.21. The second-order valence-corrected chi connectivity index (χ2v) is 8.04. The first kappa shape index (κ1) is 22.3. The maximum atomic E-state index is 13.2. The van der Waals surface area contributed by atoms with E-state index in [0.717, 1.165) is 28.1 Å². The number of hydrogen-bond donors (Lipinski definition) is 2. The Morgan fingerprint density at radius 2 is 1.70 bits per heavy atom. The second-order valence-electron chi connectivity index (χ2n) is 8.04. The lowest BCUT2D eigenvalue weighted by molar-refractivity contribution is -0.118. The molecule has 0 saturated carbocycles. The van der Waals surface area contributed by atoms with Gasteiger partial charge in [0.2, 0.25) is 5.91 Å². The number of hydrogen-bond acceptors (Lipinski definition) is 6. The third-order valence-electron chi connectivity index (χ3n) is 5.45. The third kappa shape index (κ3) is 5.67. The minimum atomic E-state index is -0.528. The predicted octanol–water partition coefficient (Wildman–Crippen LogP) is 3.65. The van der Waals surface area contributed by atoms with Crippen molar-refractivity contribution in [2.24, 2.45) is 7.05 Å². The molecule has 33 heavy (non-hydrogen) atoms. The van der Waals surface area contributed by atoms with Crippen LogP contribution in [-0.4, -0.2) is 37.2 Å². The summed E-state index contributed by atoms with van der Waals surface area (Å²) in [4.78, 5) is 26.2. The molecule has 0 aliphatic rings. The van der Waals surface area contributed by atoms with Crippen LogP contribution in [0.15, 0.2) is 73.4 Å². The van der Waals surface area contributed by atoms with Crippen LogP contribution in [0.25, 0.3) is 11.1 Å². The molecule has 4 rings (SSSR count). The molecule has 2 atom stereocenters. The van der Waals surface area contributed by atoms with E-state index in [1.807, 2.05) is 69.0 Å². The molecule has 0 radical (unpaired) electrons. The fourth-order valence-electron chi connectivity index (χ4n) is 3.48. The Morgan fingerprint density at radius 3 is 2.33 bits per heavy atom. The summed E-state index contributed by atoms with van der Waals surface area (Å²) >= 11 is 0. The number of rotatable bonds is 8. The number of anilines is 1. The van der Waals surface area contributed by atoms with E-state index in [-0.39, 0.29) is 11.8 Å². The standard InChI is InChI=1S/C25H27N7O/c1-17(21-13-26-18(2)27-14-21)11-29-24(19-7-5-4-6-8-19)25(33)31-23-10-9-20(12-28-23)22-15-30-32(3)16-22/h4-10,12-17,24,29H,11H2,1-3H3,(H,28,31,33)/t17-,24-/m0/s1. The second kappa shape index (κ2) is 10.1. The maximum absolute atomic E-state index is 13.2. The summed E-state index contributed by atoms with van der Waals surface area (Å²) < 4.78 is 1.74. The minimum absolute atomic E-state index is 0.140. The largest absolute Gasteiger partial charge is 0.309 e. The van der Waals surface area contributed by atoms with Crippen molar-refractivity contribution in [2.45, 2.75) is 25.8 Å². The smallest absolute Gasteiger partial charge is 0.247 e. The zero-order valence-corrected chi connectivity index (χ0v) is 18.9. The van der Waals surface area contributed by atoms with Gasteiger partial charge in [0.15, 0.2) is 0 Å². The molecule has 8 nitrogen and oxygen atoms in total. The van der Waals surface area contributed by atoms with Gasteiger partial charge >= 0.3 is 0 Å². The van der Waals surface area contributed by atoms with Crippen molar-refractivity contribution in [3.05, 3.63) is 90.4 Å². The first-order valence-electron chi connectivity index (χ1n) is 10.8. The quantitative estimate of drug-likeness (QED) is 0.433. The van der Waals surface area contributed by atoms with Crippen LogP contribution < -0.4 is 10.6 Å². The van der Waals surface area contributed by atoms with Gasteiger partial charge in [-0.3, -0.25) is 9.48 Å². The molecule has 3 heterocycles. The van der Waals surface area contributed by atoms with Crippen molar-refractivity contribution in [3.63, 3.8) is 0 Å². The molecule has 4 aromatic rings. The van der Waals surface area contributed by atoms with Gasteiger partial charge in [-0.25, -0.2) is 15.0 Å². The van der Waals surface area contributed by atoms with E-state index in [1.54, 1.807) is 23.1 Å². The number of pyridine rings is 1. The van der Waals surface area contributed by atoms with E-state index in [0.29, 0.717) is 12.4 Å². The zero-order valence-electron chi connectivity index (χ0n) is 18.9. The van der Waals surface area contributed by atoms with Gasteiger partial charge in [-0.2, -0.15) is 5.10 Å². The minimum Gasteiger partial charge on any atom is -0.309 e. The normalized spacial score (nSPS) is 12.8. The van der Waals surface area contributed by atoms with Crippen LogP contribution in [0.4, 0.5) is 5.82 Å². The van der Waals surface area contributed by atoms with Crippen molar-refractivity contribution in [2.75, 3.05) is 11.9 Å². The highest BCUT2D eigenvalue weighted by Crippen LogP contribution is 2.21. The van der Waals surface area contributed by atoms with E-state index in [2.05, 4.69) is 37.6 Å². The molecular weight excluding hydrogens is 414 g/mol. The van der Waals surface area contributed by atoms with Crippen LogP contribution in [0.3, 0.4) is 0 Å². The van der Waals surface area contributed by atoms with Crippen LogP contribution in [-0.2, 0) is 11.8 Å².